The molecule has 0 spiro atoms. The van der Waals surface area contributed by atoms with E-state index in [0.717, 1.165) is 30.1 Å². The number of aliphatic imine (C=N–C) groups is 1. The molecule has 1 aliphatic heterocycles. The second-order valence-corrected chi connectivity index (χ2v) is 5.73. The van der Waals surface area contributed by atoms with Crippen LogP contribution in [-0.4, -0.2) is 35.7 Å². The molecule has 112 valence electrons. The van der Waals surface area contributed by atoms with Crippen LogP contribution in [0.25, 0.3) is 0 Å². The third-order valence-corrected chi connectivity index (χ3v) is 3.95. The van der Waals surface area contributed by atoms with E-state index in [1.165, 1.54) is 0 Å². The van der Waals surface area contributed by atoms with Gasteiger partial charge in [-0.05, 0) is 13.8 Å². The molecule has 2 aromatic rings. The lowest BCUT2D eigenvalue weighted by molar-refractivity contribution is 0.103. The van der Waals surface area contributed by atoms with Crippen molar-refractivity contribution in [3.63, 3.8) is 0 Å². The molecule has 0 saturated carbocycles. The van der Waals surface area contributed by atoms with Gasteiger partial charge >= 0.3 is 0 Å². The van der Waals surface area contributed by atoms with Gasteiger partial charge in [0.25, 0.3) is 0 Å². The molecule has 0 aromatic heterocycles. The fourth-order valence-corrected chi connectivity index (χ4v) is 2.82. The van der Waals surface area contributed by atoms with E-state index in [0.29, 0.717) is 11.6 Å². The Morgan fingerprint density at radius 3 is 2.45 bits per heavy atom. The van der Waals surface area contributed by atoms with Crippen molar-refractivity contribution in [3.05, 3.63) is 71.3 Å². The number of amidine groups is 1. The van der Waals surface area contributed by atoms with Gasteiger partial charge in [0.15, 0.2) is 5.78 Å². The van der Waals surface area contributed by atoms with Crippen molar-refractivity contribution in [1.82, 2.24) is 4.90 Å². The summed E-state index contributed by atoms with van der Waals surface area (Å²) in [5, 5.41) is 0. The summed E-state index contributed by atoms with van der Waals surface area (Å²) in [5.74, 6) is 0.990. The molecule has 0 unspecified atom stereocenters. The summed E-state index contributed by atoms with van der Waals surface area (Å²) in [6, 6.07) is 17.6. The second-order valence-electron chi connectivity index (χ2n) is 5.73. The lowest BCUT2D eigenvalue weighted by Gasteiger charge is -2.25. The van der Waals surface area contributed by atoms with Gasteiger partial charge in [-0.2, -0.15) is 0 Å². The van der Waals surface area contributed by atoms with Crippen LogP contribution in [0.2, 0.25) is 0 Å². The first-order valence-electron chi connectivity index (χ1n) is 7.68. The van der Waals surface area contributed by atoms with Crippen LogP contribution < -0.4 is 0 Å². The molecule has 0 saturated heterocycles. The van der Waals surface area contributed by atoms with E-state index in [2.05, 4.69) is 23.7 Å². The molecule has 3 nitrogen and oxygen atoms in total. The number of nitrogens with zero attached hydrogens (tertiary/aromatic N) is 2. The predicted molar refractivity (Wildman–Crippen MR) is 89.6 cm³/mol. The number of ketones is 1. The van der Waals surface area contributed by atoms with Crippen molar-refractivity contribution in [2.24, 2.45) is 4.99 Å². The molecule has 0 fully saturated rings. The molecule has 0 N–H and O–H groups in total. The van der Waals surface area contributed by atoms with Crippen LogP contribution in [0.3, 0.4) is 0 Å². The molecule has 1 aliphatic rings. The lowest BCUT2D eigenvalue weighted by atomic mass is 9.97. The Morgan fingerprint density at radius 2 is 1.73 bits per heavy atom. The first-order valence-corrected chi connectivity index (χ1v) is 7.68. The molecular weight excluding hydrogens is 272 g/mol. The van der Waals surface area contributed by atoms with Crippen LogP contribution in [0.15, 0.2) is 59.6 Å². The molecule has 0 radical (unpaired) electrons. The highest BCUT2D eigenvalue weighted by molar-refractivity contribution is 6.16. The summed E-state index contributed by atoms with van der Waals surface area (Å²) in [6.07, 6.45) is 0. The minimum absolute atomic E-state index is 0.0505. The Bertz CT molecular complexity index is 704. The fraction of sp³-hybridized carbons (Fsp3) is 0.263. The van der Waals surface area contributed by atoms with Gasteiger partial charge in [-0.1, -0.05) is 54.6 Å². The summed E-state index contributed by atoms with van der Waals surface area (Å²) in [5.41, 5.74) is 2.37. The third kappa shape index (κ3) is 2.67. The van der Waals surface area contributed by atoms with Crippen molar-refractivity contribution in [1.29, 1.82) is 0 Å². The van der Waals surface area contributed by atoms with Gasteiger partial charge in [0.2, 0.25) is 0 Å². The first-order chi connectivity index (χ1) is 10.7. The average Bonchev–Trinajstić information content (AvgIpc) is 3.05. The molecule has 22 heavy (non-hydrogen) atoms. The topological polar surface area (TPSA) is 32.7 Å². The first kappa shape index (κ1) is 14.5. The van der Waals surface area contributed by atoms with E-state index < -0.39 is 0 Å². The summed E-state index contributed by atoms with van der Waals surface area (Å²) >= 11 is 0. The van der Waals surface area contributed by atoms with Crippen LogP contribution >= 0.6 is 0 Å². The van der Waals surface area contributed by atoms with E-state index in [4.69, 9.17) is 0 Å². The maximum Gasteiger partial charge on any atom is 0.193 e. The Labute approximate surface area is 131 Å². The normalized spacial score (nSPS) is 14.3. The molecule has 0 amide bonds. The van der Waals surface area contributed by atoms with Crippen LogP contribution in [0.4, 0.5) is 0 Å². The Morgan fingerprint density at radius 1 is 1.05 bits per heavy atom. The van der Waals surface area contributed by atoms with Gasteiger partial charge in [-0.15, -0.1) is 0 Å². The van der Waals surface area contributed by atoms with Gasteiger partial charge in [0.1, 0.15) is 5.84 Å². The third-order valence-electron chi connectivity index (χ3n) is 3.95. The SMILES string of the molecule is CC(C)N1CCN=C1c1ccccc1C(=O)c1ccccc1. The van der Waals surface area contributed by atoms with Crippen LogP contribution in [0, 0.1) is 0 Å². The highest BCUT2D eigenvalue weighted by Gasteiger charge is 2.25. The van der Waals surface area contributed by atoms with Crippen molar-refractivity contribution in [2.75, 3.05) is 13.1 Å². The minimum Gasteiger partial charge on any atom is -0.352 e. The molecule has 3 heteroatoms. The summed E-state index contributed by atoms with van der Waals surface area (Å²) in [4.78, 5) is 19.7. The highest BCUT2D eigenvalue weighted by atomic mass is 16.1. The van der Waals surface area contributed by atoms with Gasteiger partial charge in [0, 0.05) is 29.3 Å². The van der Waals surface area contributed by atoms with E-state index >= 15 is 0 Å². The zero-order valence-corrected chi connectivity index (χ0v) is 13.0. The zero-order valence-electron chi connectivity index (χ0n) is 13.0. The Hall–Kier alpha value is -2.42. The Balaban J connectivity index is 2.03. The smallest absolute Gasteiger partial charge is 0.193 e. The monoisotopic (exact) mass is 292 g/mol. The molecule has 0 bridgehead atoms. The summed E-state index contributed by atoms with van der Waals surface area (Å²) in [6.45, 7) is 6.02. The standard InChI is InChI=1S/C19H20N2O/c1-14(2)21-13-12-20-19(21)17-11-7-6-10-16(17)18(22)15-8-4-3-5-9-15/h3-11,14H,12-13H2,1-2H3. The molecule has 1 heterocycles. The highest BCUT2D eigenvalue weighted by Crippen LogP contribution is 2.20. The van der Waals surface area contributed by atoms with E-state index in [1.54, 1.807) is 0 Å². The molecule has 3 rings (SSSR count). The largest absolute Gasteiger partial charge is 0.352 e. The van der Waals surface area contributed by atoms with Crippen LogP contribution in [0.5, 0.6) is 0 Å². The molecule has 0 aliphatic carbocycles. The lowest BCUT2D eigenvalue weighted by Crippen LogP contribution is -2.35. The maximum absolute atomic E-state index is 12.8. The zero-order chi connectivity index (χ0) is 15.5. The number of carbonyl (C=O) groups is 1. The van der Waals surface area contributed by atoms with Gasteiger partial charge in [-0.25, -0.2) is 0 Å². The number of carbonyl (C=O) groups excluding carboxylic acids is 1. The van der Waals surface area contributed by atoms with Crippen molar-refractivity contribution in [3.8, 4) is 0 Å². The minimum atomic E-state index is 0.0505. The van der Waals surface area contributed by atoms with E-state index in [1.807, 2.05) is 54.6 Å². The van der Waals surface area contributed by atoms with Crippen molar-refractivity contribution in [2.45, 2.75) is 19.9 Å². The molecular formula is C19H20N2O. The number of hydrogen-bond acceptors (Lipinski definition) is 3. The van der Waals surface area contributed by atoms with Gasteiger partial charge in [-0.3, -0.25) is 9.79 Å². The number of rotatable bonds is 4. The van der Waals surface area contributed by atoms with Crippen LogP contribution in [-0.2, 0) is 0 Å². The van der Waals surface area contributed by atoms with Crippen molar-refractivity contribution < 1.29 is 4.79 Å². The second kappa shape index (κ2) is 6.14. The van der Waals surface area contributed by atoms with Crippen LogP contribution in [0.1, 0.15) is 35.3 Å². The summed E-state index contributed by atoms with van der Waals surface area (Å²) in [7, 11) is 0. The van der Waals surface area contributed by atoms with E-state index in [9.17, 15) is 4.79 Å². The van der Waals surface area contributed by atoms with Crippen molar-refractivity contribution >= 4 is 11.6 Å². The van der Waals surface area contributed by atoms with Gasteiger partial charge < -0.3 is 4.90 Å². The Kier molecular flexibility index (Phi) is 4.05. The summed E-state index contributed by atoms with van der Waals surface area (Å²) < 4.78 is 0. The quantitative estimate of drug-likeness (QED) is 0.809. The fourth-order valence-electron chi connectivity index (χ4n) is 2.82. The van der Waals surface area contributed by atoms with Gasteiger partial charge in [0.05, 0.1) is 6.54 Å². The number of benzene rings is 2. The maximum atomic E-state index is 12.8. The molecule has 2 aromatic carbocycles. The van der Waals surface area contributed by atoms with E-state index in [-0.39, 0.29) is 5.78 Å². The molecule has 0 atom stereocenters. The predicted octanol–water partition coefficient (Wildman–Crippen LogP) is 3.39. The average molecular weight is 292 g/mol. The number of hydrogen-bond donors (Lipinski definition) is 0.